The number of aryl methyl sites for hydroxylation is 1. The van der Waals surface area contributed by atoms with Gasteiger partial charge in [0.15, 0.2) is 0 Å². The Kier molecular flexibility index (Phi) is 4.07. The van der Waals surface area contributed by atoms with E-state index in [1.165, 1.54) is 0 Å². The maximum absolute atomic E-state index is 9.08. The lowest BCUT2D eigenvalue weighted by molar-refractivity contribution is 0.275. The van der Waals surface area contributed by atoms with Crippen LogP contribution in [0.4, 0.5) is 0 Å². The third kappa shape index (κ3) is 2.54. The molecule has 0 spiro atoms. The summed E-state index contributed by atoms with van der Waals surface area (Å²) in [7, 11) is 0. The minimum atomic E-state index is -0.00652. The van der Waals surface area contributed by atoms with E-state index < -0.39 is 0 Å². The SMILES string of the molecule is CCn1nnc(CO)c1CCC(C)C. The lowest BCUT2D eigenvalue weighted by atomic mass is 10.1. The quantitative estimate of drug-likeness (QED) is 0.775. The molecule has 1 rings (SSSR count). The van der Waals surface area contributed by atoms with Crippen molar-refractivity contribution in [1.29, 1.82) is 0 Å². The molecule has 0 amide bonds. The maximum Gasteiger partial charge on any atom is 0.111 e. The van der Waals surface area contributed by atoms with Crippen LogP contribution in [0.15, 0.2) is 0 Å². The van der Waals surface area contributed by atoms with Crippen LogP contribution in [0.1, 0.15) is 38.6 Å². The summed E-state index contributed by atoms with van der Waals surface area (Å²) < 4.78 is 1.87. The minimum Gasteiger partial charge on any atom is -0.390 e. The number of aliphatic hydroxyl groups is 1. The second-order valence-electron chi connectivity index (χ2n) is 3.89. The summed E-state index contributed by atoms with van der Waals surface area (Å²) in [6, 6.07) is 0. The normalized spacial score (nSPS) is 11.2. The van der Waals surface area contributed by atoms with Crippen molar-refractivity contribution in [3.05, 3.63) is 11.4 Å². The van der Waals surface area contributed by atoms with Gasteiger partial charge in [-0.25, -0.2) is 4.68 Å². The zero-order valence-corrected chi connectivity index (χ0v) is 9.19. The van der Waals surface area contributed by atoms with Gasteiger partial charge in [-0.05, 0) is 25.7 Å². The maximum atomic E-state index is 9.08. The Morgan fingerprint density at radius 2 is 2.14 bits per heavy atom. The average molecular weight is 197 g/mol. The Labute approximate surface area is 84.9 Å². The molecule has 0 aliphatic carbocycles. The molecule has 0 fully saturated rings. The molecule has 4 heteroatoms. The largest absolute Gasteiger partial charge is 0.390 e. The number of hydrogen-bond donors (Lipinski definition) is 1. The van der Waals surface area contributed by atoms with Gasteiger partial charge < -0.3 is 5.11 Å². The molecule has 4 nitrogen and oxygen atoms in total. The van der Waals surface area contributed by atoms with Crippen molar-refractivity contribution in [2.24, 2.45) is 5.92 Å². The molecule has 1 heterocycles. The first-order chi connectivity index (χ1) is 6.69. The molecule has 0 saturated heterocycles. The molecule has 80 valence electrons. The van der Waals surface area contributed by atoms with Crippen LogP contribution in [0.2, 0.25) is 0 Å². The first-order valence-corrected chi connectivity index (χ1v) is 5.21. The van der Waals surface area contributed by atoms with Crippen LogP contribution >= 0.6 is 0 Å². The summed E-state index contributed by atoms with van der Waals surface area (Å²) >= 11 is 0. The fourth-order valence-corrected chi connectivity index (χ4v) is 1.44. The third-order valence-electron chi connectivity index (χ3n) is 2.33. The molecule has 1 aromatic rings. The van der Waals surface area contributed by atoms with Gasteiger partial charge in [0.1, 0.15) is 5.69 Å². The fraction of sp³-hybridized carbons (Fsp3) is 0.800. The summed E-state index contributed by atoms with van der Waals surface area (Å²) in [4.78, 5) is 0. The topological polar surface area (TPSA) is 50.9 Å². The number of rotatable bonds is 5. The molecule has 0 radical (unpaired) electrons. The van der Waals surface area contributed by atoms with Crippen LogP contribution in [0.25, 0.3) is 0 Å². The van der Waals surface area contributed by atoms with E-state index in [2.05, 4.69) is 24.2 Å². The Morgan fingerprint density at radius 3 is 2.64 bits per heavy atom. The van der Waals surface area contributed by atoms with Gasteiger partial charge in [-0.1, -0.05) is 19.1 Å². The highest BCUT2D eigenvalue weighted by molar-refractivity contribution is 5.09. The molecule has 0 unspecified atom stereocenters. The molecule has 1 aromatic heterocycles. The van der Waals surface area contributed by atoms with E-state index in [9.17, 15) is 0 Å². The van der Waals surface area contributed by atoms with E-state index >= 15 is 0 Å². The zero-order valence-electron chi connectivity index (χ0n) is 9.19. The molecule has 14 heavy (non-hydrogen) atoms. The smallest absolute Gasteiger partial charge is 0.111 e. The van der Waals surface area contributed by atoms with Crippen LogP contribution in [0.3, 0.4) is 0 Å². The summed E-state index contributed by atoms with van der Waals surface area (Å²) in [5.74, 6) is 0.668. The summed E-state index contributed by atoms with van der Waals surface area (Å²) in [6.07, 6.45) is 2.06. The van der Waals surface area contributed by atoms with Crippen LogP contribution in [0, 0.1) is 5.92 Å². The number of nitrogens with zero attached hydrogens (tertiary/aromatic N) is 3. The predicted octanol–water partition coefficient (Wildman–Crippen LogP) is 1.38. The van der Waals surface area contributed by atoms with Gasteiger partial charge in [-0.15, -0.1) is 5.10 Å². The lowest BCUT2D eigenvalue weighted by Crippen LogP contribution is -2.06. The van der Waals surface area contributed by atoms with E-state index in [1.807, 2.05) is 11.6 Å². The summed E-state index contributed by atoms with van der Waals surface area (Å²) in [6.45, 7) is 7.24. The van der Waals surface area contributed by atoms with Crippen LogP contribution < -0.4 is 0 Å². The Bertz CT molecular complexity index is 259. The molecular weight excluding hydrogens is 178 g/mol. The molecule has 0 aliphatic rings. The van der Waals surface area contributed by atoms with Crippen LogP contribution in [0.5, 0.6) is 0 Å². The second kappa shape index (κ2) is 5.10. The fourth-order valence-electron chi connectivity index (χ4n) is 1.44. The first kappa shape index (κ1) is 11.2. The highest BCUT2D eigenvalue weighted by atomic mass is 16.3. The zero-order chi connectivity index (χ0) is 10.6. The molecule has 0 atom stereocenters. The van der Waals surface area contributed by atoms with Crippen molar-refractivity contribution in [2.45, 2.75) is 46.8 Å². The first-order valence-electron chi connectivity index (χ1n) is 5.21. The Hall–Kier alpha value is -0.900. The van der Waals surface area contributed by atoms with Crippen molar-refractivity contribution in [3.8, 4) is 0 Å². The van der Waals surface area contributed by atoms with E-state index in [4.69, 9.17) is 5.11 Å². The summed E-state index contributed by atoms with van der Waals surface area (Å²) in [5, 5.41) is 17.0. The van der Waals surface area contributed by atoms with Gasteiger partial charge in [-0.2, -0.15) is 0 Å². The van der Waals surface area contributed by atoms with Crippen molar-refractivity contribution in [3.63, 3.8) is 0 Å². The van der Waals surface area contributed by atoms with Gasteiger partial charge in [-0.3, -0.25) is 0 Å². The van der Waals surface area contributed by atoms with Gasteiger partial charge >= 0.3 is 0 Å². The van der Waals surface area contributed by atoms with Crippen molar-refractivity contribution in [2.75, 3.05) is 0 Å². The molecule has 0 aliphatic heterocycles. The van der Waals surface area contributed by atoms with Gasteiger partial charge in [0.05, 0.1) is 12.3 Å². The molecule has 0 bridgehead atoms. The van der Waals surface area contributed by atoms with Crippen LogP contribution in [-0.4, -0.2) is 20.1 Å². The van der Waals surface area contributed by atoms with Crippen molar-refractivity contribution in [1.82, 2.24) is 15.0 Å². The van der Waals surface area contributed by atoms with Gasteiger partial charge in [0.2, 0.25) is 0 Å². The monoisotopic (exact) mass is 197 g/mol. The lowest BCUT2D eigenvalue weighted by Gasteiger charge is -2.07. The van der Waals surface area contributed by atoms with Crippen molar-refractivity contribution >= 4 is 0 Å². The van der Waals surface area contributed by atoms with E-state index in [1.54, 1.807) is 0 Å². The van der Waals surface area contributed by atoms with E-state index in [0.717, 1.165) is 30.8 Å². The molecule has 0 aromatic carbocycles. The number of aliphatic hydroxyl groups excluding tert-OH is 1. The van der Waals surface area contributed by atoms with E-state index in [0.29, 0.717) is 5.92 Å². The number of aromatic nitrogens is 3. The third-order valence-corrected chi connectivity index (χ3v) is 2.33. The minimum absolute atomic E-state index is 0.00652. The highest BCUT2D eigenvalue weighted by Crippen LogP contribution is 2.12. The van der Waals surface area contributed by atoms with E-state index in [-0.39, 0.29) is 6.61 Å². The Morgan fingerprint density at radius 1 is 1.43 bits per heavy atom. The van der Waals surface area contributed by atoms with Gasteiger partial charge in [0.25, 0.3) is 0 Å². The summed E-state index contributed by atoms with van der Waals surface area (Å²) in [5.41, 5.74) is 1.82. The highest BCUT2D eigenvalue weighted by Gasteiger charge is 2.10. The average Bonchev–Trinajstić information content (AvgIpc) is 2.56. The molecule has 0 saturated carbocycles. The van der Waals surface area contributed by atoms with Crippen LogP contribution in [-0.2, 0) is 19.6 Å². The Balaban J connectivity index is 2.75. The molecule has 1 N–H and O–H groups in total. The van der Waals surface area contributed by atoms with Gasteiger partial charge in [0, 0.05) is 6.54 Å². The van der Waals surface area contributed by atoms with Crippen molar-refractivity contribution < 1.29 is 5.11 Å². The standard InChI is InChI=1S/C10H19N3O/c1-4-13-10(6-5-8(2)3)9(7-14)11-12-13/h8,14H,4-7H2,1-3H3. The number of hydrogen-bond acceptors (Lipinski definition) is 3. The predicted molar refractivity (Wildman–Crippen MR) is 54.8 cm³/mol. The molecular formula is C10H19N3O. The second-order valence-corrected chi connectivity index (χ2v) is 3.89.